The Labute approximate surface area is 137 Å². The highest BCUT2D eigenvalue weighted by Gasteiger charge is 2.17. The van der Waals surface area contributed by atoms with Crippen LogP contribution in [-0.2, 0) is 13.0 Å². The van der Waals surface area contributed by atoms with E-state index in [4.69, 9.17) is 4.42 Å². The van der Waals surface area contributed by atoms with Gasteiger partial charge in [-0.15, -0.1) is 11.3 Å². The molecule has 0 spiro atoms. The quantitative estimate of drug-likeness (QED) is 0.631. The second-order valence-electron chi connectivity index (χ2n) is 5.10. The minimum absolute atomic E-state index is 0.202. The van der Waals surface area contributed by atoms with Crippen molar-refractivity contribution < 1.29 is 4.42 Å². The van der Waals surface area contributed by atoms with Crippen molar-refractivity contribution in [3.05, 3.63) is 56.4 Å². The molecule has 3 rings (SSSR count). The zero-order valence-electron chi connectivity index (χ0n) is 12.2. The van der Waals surface area contributed by atoms with Crippen molar-refractivity contribution in [1.29, 1.82) is 0 Å². The lowest BCUT2D eigenvalue weighted by Gasteiger charge is -2.12. The fourth-order valence-corrected chi connectivity index (χ4v) is 4.06. The molecule has 1 unspecified atom stereocenters. The van der Waals surface area contributed by atoms with Crippen molar-refractivity contribution >= 4 is 38.2 Å². The topological polar surface area (TPSA) is 25.2 Å². The van der Waals surface area contributed by atoms with Crippen molar-refractivity contribution in [2.45, 2.75) is 32.9 Å². The summed E-state index contributed by atoms with van der Waals surface area (Å²) in [7, 11) is 0. The first-order chi connectivity index (χ1) is 10.2. The van der Waals surface area contributed by atoms with E-state index in [1.807, 2.05) is 12.1 Å². The second-order valence-corrected chi connectivity index (χ2v) is 7.65. The SMILES string of the molecule is CCc1c(C(C)NCc2ccc(Br)s2)oc2ccccc12. The molecule has 0 saturated carbocycles. The number of rotatable bonds is 5. The molecule has 4 heteroatoms. The predicted octanol–water partition coefficient (Wildman–Crippen LogP) is 5.67. The maximum absolute atomic E-state index is 6.08. The van der Waals surface area contributed by atoms with Crippen molar-refractivity contribution in [1.82, 2.24) is 5.32 Å². The molecule has 2 nitrogen and oxygen atoms in total. The predicted molar refractivity (Wildman–Crippen MR) is 92.9 cm³/mol. The van der Waals surface area contributed by atoms with Gasteiger partial charge in [0.15, 0.2) is 0 Å². The van der Waals surface area contributed by atoms with Crippen LogP contribution in [0.4, 0.5) is 0 Å². The average molecular weight is 364 g/mol. The summed E-state index contributed by atoms with van der Waals surface area (Å²) in [6.07, 6.45) is 0.989. The number of para-hydroxylation sites is 1. The molecule has 110 valence electrons. The maximum Gasteiger partial charge on any atom is 0.134 e. The van der Waals surface area contributed by atoms with Gasteiger partial charge in [0.1, 0.15) is 11.3 Å². The first kappa shape index (κ1) is 14.8. The second kappa shape index (κ2) is 6.34. The summed E-state index contributed by atoms with van der Waals surface area (Å²) in [4.78, 5) is 1.32. The number of thiophene rings is 1. The first-order valence-corrected chi connectivity index (χ1v) is 8.78. The van der Waals surface area contributed by atoms with Gasteiger partial charge in [0.05, 0.1) is 9.83 Å². The van der Waals surface area contributed by atoms with Gasteiger partial charge < -0.3 is 9.73 Å². The number of halogens is 1. The molecule has 2 heterocycles. The molecule has 0 amide bonds. The molecule has 0 radical (unpaired) electrons. The molecular formula is C17H18BrNOS. The Bertz CT molecular complexity index is 746. The van der Waals surface area contributed by atoms with Crippen molar-refractivity contribution in [3.8, 4) is 0 Å². The van der Waals surface area contributed by atoms with Crippen LogP contribution < -0.4 is 5.32 Å². The van der Waals surface area contributed by atoms with Gasteiger partial charge in [0.25, 0.3) is 0 Å². The third-order valence-electron chi connectivity index (χ3n) is 3.69. The van der Waals surface area contributed by atoms with E-state index < -0.39 is 0 Å². The number of nitrogens with one attached hydrogen (secondary N) is 1. The highest BCUT2D eigenvalue weighted by molar-refractivity contribution is 9.11. The molecule has 1 atom stereocenters. The normalized spacial score (nSPS) is 12.9. The van der Waals surface area contributed by atoms with Crippen molar-refractivity contribution in [3.63, 3.8) is 0 Å². The molecule has 3 aromatic rings. The van der Waals surface area contributed by atoms with Crippen LogP contribution in [0.5, 0.6) is 0 Å². The van der Waals surface area contributed by atoms with Gasteiger partial charge >= 0.3 is 0 Å². The van der Waals surface area contributed by atoms with Gasteiger partial charge in [-0.25, -0.2) is 0 Å². The lowest BCUT2D eigenvalue weighted by Crippen LogP contribution is -2.18. The number of hydrogen-bond acceptors (Lipinski definition) is 3. The van der Waals surface area contributed by atoms with E-state index in [1.54, 1.807) is 11.3 Å². The molecule has 0 bridgehead atoms. The summed E-state index contributed by atoms with van der Waals surface area (Å²) < 4.78 is 7.25. The third-order valence-corrected chi connectivity index (χ3v) is 5.31. The number of hydrogen-bond donors (Lipinski definition) is 1. The summed E-state index contributed by atoms with van der Waals surface area (Å²) in [6.45, 7) is 5.21. The van der Waals surface area contributed by atoms with Gasteiger partial charge in [-0.3, -0.25) is 0 Å². The molecule has 1 aromatic carbocycles. The lowest BCUT2D eigenvalue weighted by molar-refractivity contribution is 0.447. The van der Waals surface area contributed by atoms with E-state index >= 15 is 0 Å². The van der Waals surface area contributed by atoms with Gasteiger partial charge in [0.2, 0.25) is 0 Å². The molecule has 21 heavy (non-hydrogen) atoms. The Morgan fingerprint density at radius 2 is 2.05 bits per heavy atom. The minimum Gasteiger partial charge on any atom is -0.459 e. The van der Waals surface area contributed by atoms with E-state index in [9.17, 15) is 0 Å². The van der Waals surface area contributed by atoms with Crippen LogP contribution in [0.25, 0.3) is 11.0 Å². The fraction of sp³-hybridized carbons (Fsp3) is 0.294. The Morgan fingerprint density at radius 3 is 2.76 bits per heavy atom. The van der Waals surface area contributed by atoms with Gasteiger partial charge in [-0.05, 0) is 47.5 Å². The van der Waals surface area contributed by atoms with Crippen LogP contribution in [0.15, 0.2) is 44.6 Å². The maximum atomic E-state index is 6.08. The standard InChI is InChI=1S/C17H18BrNOS/c1-3-13-14-6-4-5-7-15(14)20-17(13)11(2)19-10-12-8-9-16(18)21-12/h4-9,11,19H,3,10H2,1-2H3. The lowest BCUT2D eigenvalue weighted by atomic mass is 10.1. The highest BCUT2D eigenvalue weighted by atomic mass is 79.9. The number of aryl methyl sites for hydroxylation is 1. The van der Waals surface area contributed by atoms with E-state index in [0.29, 0.717) is 0 Å². The number of fused-ring (bicyclic) bond motifs is 1. The van der Waals surface area contributed by atoms with E-state index in [1.165, 1.54) is 19.6 Å². The largest absolute Gasteiger partial charge is 0.459 e. The Hall–Kier alpha value is -1.10. The van der Waals surface area contributed by atoms with Crippen LogP contribution in [-0.4, -0.2) is 0 Å². The first-order valence-electron chi connectivity index (χ1n) is 7.17. The molecule has 0 aliphatic rings. The van der Waals surface area contributed by atoms with E-state index in [0.717, 1.165) is 24.3 Å². The van der Waals surface area contributed by atoms with Crippen LogP contribution in [0.1, 0.15) is 36.1 Å². The average Bonchev–Trinajstić information content (AvgIpc) is 3.07. The summed E-state index contributed by atoms with van der Waals surface area (Å²) in [6, 6.07) is 12.7. The summed E-state index contributed by atoms with van der Waals surface area (Å²) >= 11 is 5.27. The molecule has 1 N–H and O–H groups in total. The summed E-state index contributed by atoms with van der Waals surface area (Å²) in [5.41, 5.74) is 2.30. The van der Waals surface area contributed by atoms with Gasteiger partial charge in [-0.1, -0.05) is 25.1 Å². The van der Waals surface area contributed by atoms with Crippen molar-refractivity contribution in [2.24, 2.45) is 0 Å². The molecule has 0 aliphatic heterocycles. The van der Waals surface area contributed by atoms with E-state index in [2.05, 4.69) is 59.4 Å². The van der Waals surface area contributed by atoms with E-state index in [-0.39, 0.29) is 6.04 Å². The summed E-state index contributed by atoms with van der Waals surface area (Å²) in [5, 5.41) is 4.80. The monoisotopic (exact) mass is 363 g/mol. The smallest absolute Gasteiger partial charge is 0.134 e. The Morgan fingerprint density at radius 1 is 1.24 bits per heavy atom. The Kier molecular flexibility index (Phi) is 4.48. The molecular weight excluding hydrogens is 346 g/mol. The molecule has 2 aromatic heterocycles. The Balaban J connectivity index is 1.82. The molecule has 0 fully saturated rings. The van der Waals surface area contributed by atoms with Crippen LogP contribution in [0.3, 0.4) is 0 Å². The van der Waals surface area contributed by atoms with Gasteiger partial charge in [0, 0.05) is 22.4 Å². The molecule has 0 aliphatic carbocycles. The van der Waals surface area contributed by atoms with Crippen LogP contribution >= 0.6 is 27.3 Å². The van der Waals surface area contributed by atoms with Crippen LogP contribution in [0, 0.1) is 0 Å². The fourth-order valence-electron chi connectivity index (χ4n) is 2.63. The minimum atomic E-state index is 0.202. The number of benzene rings is 1. The third kappa shape index (κ3) is 3.07. The van der Waals surface area contributed by atoms with Crippen molar-refractivity contribution in [2.75, 3.05) is 0 Å². The molecule has 0 saturated heterocycles. The number of furan rings is 1. The zero-order valence-corrected chi connectivity index (χ0v) is 14.6. The van der Waals surface area contributed by atoms with Gasteiger partial charge in [-0.2, -0.15) is 0 Å². The zero-order chi connectivity index (χ0) is 14.8. The summed E-state index contributed by atoms with van der Waals surface area (Å²) in [5.74, 6) is 1.06. The highest BCUT2D eigenvalue weighted by Crippen LogP contribution is 2.31. The van der Waals surface area contributed by atoms with Crippen LogP contribution in [0.2, 0.25) is 0 Å².